The van der Waals surface area contributed by atoms with Crippen molar-refractivity contribution in [2.24, 2.45) is 0 Å². The Kier molecular flexibility index (Phi) is 4.28. The Morgan fingerprint density at radius 2 is 1.90 bits per heavy atom. The predicted molar refractivity (Wildman–Crippen MR) is 84.8 cm³/mol. The second kappa shape index (κ2) is 6.52. The van der Waals surface area contributed by atoms with Gasteiger partial charge in [0.25, 0.3) is 0 Å². The van der Waals surface area contributed by atoms with Crippen LogP contribution in [-0.2, 0) is 0 Å². The fraction of sp³-hybridized carbons (Fsp3) is 0.438. The van der Waals surface area contributed by atoms with Gasteiger partial charge in [0.05, 0.1) is 6.20 Å². The Balaban J connectivity index is 1.69. The number of para-hydroxylation sites is 1. The smallest absolute Gasteiger partial charge is 0.249 e. The van der Waals surface area contributed by atoms with E-state index < -0.39 is 0 Å². The summed E-state index contributed by atoms with van der Waals surface area (Å²) in [6.07, 6.45) is 8.06. The van der Waals surface area contributed by atoms with E-state index in [2.05, 4.69) is 38.8 Å². The average Bonchev–Trinajstić information content (AvgIpc) is 2.51. The minimum Gasteiger partial charge on any atom is -0.366 e. The van der Waals surface area contributed by atoms with Crippen LogP contribution >= 0.6 is 0 Å². The number of benzene rings is 1. The molecule has 110 valence electrons. The second-order valence-electron chi connectivity index (χ2n) is 5.58. The summed E-state index contributed by atoms with van der Waals surface area (Å²) in [6, 6.07) is 8.59. The van der Waals surface area contributed by atoms with Gasteiger partial charge in [0, 0.05) is 11.7 Å². The third kappa shape index (κ3) is 3.68. The molecule has 1 saturated carbocycles. The van der Waals surface area contributed by atoms with Crippen LogP contribution in [-0.4, -0.2) is 21.2 Å². The van der Waals surface area contributed by atoms with Crippen LogP contribution in [0.15, 0.2) is 30.5 Å². The van der Waals surface area contributed by atoms with Crippen LogP contribution in [0.4, 0.5) is 17.5 Å². The van der Waals surface area contributed by atoms with E-state index in [1.165, 1.54) is 32.1 Å². The summed E-state index contributed by atoms with van der Waals surface area (Å²) >= 11 is 0. The van der Waals surface area contributed by atoms with Crippen molar-refractivity contribution in [1.82, 2.24) is 15.2 Å². The van der Waals surface area contributed by atoms with Gasteiger partial charge in [0.15, 0.2) is 5.82 Å². The highest BCUT2D eigenvalue weighted by Gasteiger charge is 2.14. The Morgan fingerprint density at radius 1 is 1.10 bits per heavy atom. The van der Waals surface area contributed by atoms with Gasteiger partial charge in [-0.2, -0.15) is 10.1 Å². The number of nitrogens with zero attached hydrogens (tertiary/aromatic N) is 3. The van der Waals surface area contributed by atoms with E-state index in [9.17, 15) is 0 Å². The molecule has 0 aliphatic heterocycles. The third-order valence-electron chi connectivity index (χ3n) is 3.91. The molecule has 0 saturated heterocycles. The van der Waals surface area contributed by atoms with Crippen LogP contribution in [0.1, 0.15) is 37.7 Å². The summed E-state index contributed by atoms with van der Waals surface area (Å²) in [6.45, 7) is 2.06. The first-order valence-electron chi connectivity index (χ1n) is 7.60. The van der Waals surface area contributed by atoms with Crippen molar-refractivity contribution in [2.75, 3.05) is 10.6 Å². The topological polar surface area (TPSA) is 62.7 Å². The minimum absolute atomic E-state index is 0.516. The molecule has 1 fully saturated rings. The molecule has 0 atom stereocenters. The molecule has 0 bridgehead atoms. The molecular formula is C16H21N5. The zero-order valence-corrected chi connectivity index (χ0v) is 12.3. The third-order valence-corrected chi connectivity index (χ3v) is 3.91. The summed E-state index contributed by atoms with van der Waals surface area (Å²) in [5.41, 5.74) is 2.17. The lowest BCUT2D eigenvalue weighted by molar-refractivity contribution is 0.461. The zero-order chi connectivity index (χ0) is 14.5. The summed E-state index contributed by atoms with van der Waals surface area (Å²) in [4.78, 5) is 4.51. The standard InChI is InChI=1S/C16H21N5/c1-12-7-5-6-10-14(12)19-16-20-15(11-17-21-16)18-13-8-3-2-4-9-13/h5-7,10-11,13H,2-4,8-9H2,1H3,(H2,18,19,20,21). The van der Waals surface area contributed by atoms with E-state index >= 15 is 0 Å². The van der Waals surface area contributed by atoms with Gasteiger partial charge in [-0.25, -0.2) is 0 Å². The molecule has 0 unspecified atom stereocenters. The molecule has 0 radical (unpaired) electrons. The first-order valence-corrected chi connectivity index (χ1v) is 7.60. The molecule has 5 heteroatoms. The van der Waals surface area contributed by atoms with Crippen LogP contribution in [0.2, 0.25) is 0 Å². The lowest BCUT2D eigenvalue weighted by Crippen LogP contribution is -2.23. The number of aryl methyl sites for hydroxylation is 1. The molecule has 2 aromatic rings. The average molecular weight is 283 g/mol. The highest BCUT2D eigenvalue weighted by Crippen LogP contribution is 2.21. The molecular weight excluding hydrogens is 262 g/mol. The van der Waals surface area contributed by atoms with Crippen molar-refractivity contribution in [2.45, 2.75) is 45.1 Å². The zero-order valence-electron chi connectivity index (χ0n) is 12.3. The number of nitrogens with one attached hydrogen (secondary N) is 2. The summed E-state index contributed by atoms with van der Waals surface area (Å²) in [5, 5.41) is 14.8. The molecule has 0 amide bonds. The second-order valence-corrected chi connectivity index (χ2v) is 5.58. The van der Waals surface area contributed by atoms with E-state index in [1.807, 2.05) is 18.2 Å². The van der Waals surface area contributed by atoms with Gasteiger partial charge in [-0.15, -0.1) is 5.10 Å². The SMILES string of the molecule is Cc1ccccc1Nc1nncc(NC2CCCCC2)n1. The molecule has 1 heterocycles. The Hall–Kier alpha value is -2.17. The number of anilines is 3. The van der Waals surface area contributed by atoms with E-state index in [0.717, 1.165) is 17.1 Å². The maximum atomic E-state index is 4.51. The summed E-state index contributed by atoms with van der Waals surface area (Å²) < 4.78 is 0. The molecule has 1 aliphatic carbocycles. The fourth-order valence-electron chi connectivity index (χ4n) is 2.72. The van der Waals surface area contributed by atoms with Crippen LogP contribution in [0, 0.1) is 6.92 Å². The number of hydrogen-bond acceptors (Lipinski definition) is 5. The van der Waals surface area contributed by atoms with Gasteiger partial charge < -0.3 is 10.6 Å². The van der Waals surface area contributed by atoms with Crippen molar-refractivity contribution in [1.29, 1.82) is 0 Å². The normalized spacial score (nSPS) is 15.7. The highest BCUT2D eigenvalue weighted by atomic mass is 15.3. The van der Waals surface area contributed by atoms with Crippen LogP contribution < -0.4 is 10.6 Å². The van der Waals surface area contributed by atoms with Gasteiger partial charge in [-0.3, -0.25) is 0 Å². The van der Waals surface area contributed by atoms with Gasteiger partial charge in [-0.05, 0) is 31.4 Å². The molecule has 2 N–H and O–H groups in total. The number of hydrogen-bond donors (Lipinski definition) is 2. The van der Waals surface area contributed by atoms with Crippen LogP contribution in [0.3, 0.4) is 0 Å². The molecule has 0 spiro atoms. The first-order chi connectivity index (χ1) is 10.3. The van der Waals surface area contributed by atoms with Crippen LogP contribution in [0.25, 0.3) is 0 Å². The highest BCUT2D eigenvalue weighted by molar-refractivity contribution is 5.58. The largest absolute Gasteiger partial charge is 0.366 e. The molecule has 3 rings (SSSR count). The van der Waals surface area contributed by atoms with E-state index in [-0.39, 0.29) is 0 Å². The van der Waals surface area contributed by atoms with Crippen molar-refractivity contribution >= 4 is 17.5 Å². The Bertz CT molecular complexity index is 593. The van der Waals surface area contributed by atoms with Gasteiger partial charge >= 0.3 is 0 Å². The molecule has 5 nitrogen and oxygen atoms in total. The van der Waals surface area contributed by atoms with E-state index in [1.54, 1.807) is 6.20 Å². The predicted octanol–water partition coefficient (Wildman–Crippen LogP) is 3.67. The van der Waals surface area contributed by atoms with E-state index in [4.69, 9.17) is 0 Å². The summed E-state index contributed by atoms with van der Waals surface area (Å²) in [7, 11) is 0. The van der Waals surface area contributed by atoms with Crippen molar-refractivity contribution in [3.05, 3.63) is 36.0 Å². The van der Waals surface area contributed by atoms with E-state index in [0.29, 0.717) is 12.0 Å². The molecule has 1 aromatic heterocycles. The number of rotatable bonds is 4. The Morgan fingerprint density at radius 3 is 2.71 bits per heavy atom. The summed E-state index contributed by atoms with van der Waals surface area (Å²) in [5.74, 6) is 1.33. The quantitative estimate of drug-likeness (QED) is 0.896. The number of aromatic nitrogens is 3. The van der Waals surface area contributed by atoms with Gasteiger partial charge in [-0.1, -0.05) is 37.5 Å². The lowest BCUT2D eigenvalue weighted by Gasteiger charge is -2.23. The monoisotopic (exact) mass is 283 g/mol. The Labute approximate surface area is 125 Å². The fourth-order valence-corrected chi connectivity index (χ4v) is 2.72. The molecule has 1 aliphatic rings. The first kappa shape index (κ1) is 13.8. The molecule has 1 aromatic carbocycles. The van der Waals surface area contributed by atoms with Crippen molar-refractivity contribution < 1.29 is 0 Å². The van der Waals surface area contributed by atoms with Gasteiger partial charge in [0.2, 0.25) is 5.95 Å². The lowest BCUT2D eigenvalue weighted by atomic mass is 9.96. The maximum Gasteiger partial charge on any atom is 0.249 e. The van der Waals surface area contributed by atoms with Crippen molar-refractivity contribution in [3.63, 3.8) is 0 Å². The maximum absolute atomic E-state index is 4.51. The molecule has 21 heavy (non-hydrogen) atoms. The minimum atomic E-state index is 0.516. The van der Waals surface area contributed by atoms with Crippen LogP contribution in [0.5, 0.6) is 0 Å². The van der Waals surface area contributed by atoms with Crippen molar-refractivity contribution in [3.8, 4) is 0 Å². The van der Waals surface area contributed by atoms with Gasteiger partial charge in [0.1, 0.15) is 0 Å².